The summed E-state index contributed by atoms with van der Waals surface area (Å²) in [4.78, 5) is 11.8. The maximum absolute atomic E-state index is 11.8. The van der Waals surface area contributed by atoms with E-state index in [-0.39, 0.29) is 18.0 Å². The molecular weight excluding hydrogens is 188 g/mol. The van der Waals surface area contributed by atoms with E-state index in [1.807, 2.05) is 0 Å². The highest BCUT2D eigenvalue weighted by Gasteiger charge is 2.53. The molecule has 3 aliphatic rings. The van der Waals surface area contributed by atoms with E-state index in [0.717, 1.165) is 18.8 Å². The van der Waals surface area contributed by atoms with Crippen molar-refractivity contribution in [3.8, 4) is 0 Å². The van der Waals surface area contributed by atoms with Crippen molar-refractivity contribution in [2.24, 2.45) is 23.7 Å². The fourth-order valence-electron chi connectivity index (χ4n) is 3.75. The molecule has 1 saturated heterocycles. The van der Waals surface area contributed by atoms with E-state index in [2.05, 4.69) is 19.9 Å². The largest absolute Gasteiger partial charge is 0.457 e. The Morgan fingerprint density at radius 2 is 2.20 bits per heavy atom. The van der Waals surface area contributed by atoms with Crippen LogP contribution in [0.25, 0.3) is 0 Å². The van der Waals surface area contributed by atoms with Crippen LogP contribution in [0.5, 0.6) is 0 Å². The Balaban J connectivity index is 2.00. The molecule has 1 aliphatic heterocycles. The second-order valence-electron chi connectivity index (χ2n) is 5.44. The minimum absolute atomic E-state index is 0.0663. The van der Waals surface area contributed by atoms with E-state index in [4.69, 9.17) is 4.74 Å². The highest BCUT2D eigenvalue weighted by Crippen LogP contribution is 2.51. The third-order valence-electron chi connectivity index (χ3n) is 4.68. The topological polar surface area (TPSA) is 26.3 Å². The van der Waals surface area contributed by atoms with Crippen LogP contribution in [0.3, 0.4) is 0 Å². The van der Waals surface area contributed by atoms with E-state index in [0.29, 0.717) is 11.8 Å². The molecule has 1 heterocycles. The molecule has 15 heavy (non-hydrogen) atoms. The van der Waals surface area contributed by atoms with Crippen molar-refractivity contribution < 1.29 is 9.53 Å². The monoisotopic (exact) mass is 206 g/mol. The highest BCUT2D eigenvalue weighted by atomic mass is 16.6. The number of esters is 1. The van der Waals surface area contributed by atoms with E-state index in [1.54, 1.807) is 0 Å². The minimum Gasteiger partial charge on any atom is -0.457 e. The zero-order valence-electron chi connectivity index (χ0n) is 9.40. The maximum atomic E-state index is 11.8. The van der Waals surface area contributed by atoms with E-state index < -0.39 is 0 Å². The van der Waals surface area contributed by atoms with Crippen LogP contribution in [0.1, 0.15) is 33.1 Å². The van der Waals surface area contributed by atoms with Gasteiger partial charge in [-0.05, 0) is 43.6 Å². The van der Waals surface area contributed by atoms with Gasteiger partial charge in [-0.15, -0.1) is 0 Å². The summed E-state index contributed by atoms with van der Waals surface area (Å²) in [5.41, 5.74) is 1.28. The first-order chi connectivity index (χ1) is 7.18. The number of rotatable bonds is 0. The highest BCUT2D eigenvalue weighted by molar-refractivity contribution is 5.76. The summed E-state index contributed by atoms with van der Waals surface area (Å²) in [6.45, 7) is 4.44. The normalized spacial score (nSPS) is 48.3. The van der Waals surface area contributed by atoms with Gasteiger partial charge in [0.15, 0.2) is 0 Å². The first-order valence-corrected chi connectivity index (χ1v) is 6.05. The minimum atomic E-state index is 0.0663. The lowest BCUT2D eigenvalue weighted by Gasteiger charge is -2.40. The predicted molar refractivity (Wildman–Crippen MR) is 57.1 cm³/mol. The average molecular weight is 206 g/mol. The van der Waals surface area contributed by atoms with Crippen molar-refractivity contribution in [2.45, 2.75) is 39.2 Å². The van der Waals surface area contributed by atoms with Gasteiger partial charge in [0.25, 0.3) is 0 Å². The average Bonchev–Trinajstić information content (AvgIpc) is 2.54. The second-order valence-corrected chi connectivity index (χ2v) is 5.44. The number of carbonyl (C=O) groups is 1. The van der Waals surface area contributed by atoms with Gasteiger partial charge >= 0.3 is 5.97 Å². The Morgan fingerprint density at radius 1 is 1.40 bits per heavy atom. The van der Waals surface area contributed by atoms with Gasteiger partial charge in [0, 0.05) is 5.92 Å². The van der Waals surface area contributed by atoms with Gasteiger partial charge in [0.1, 0.15) is 6.10 Å². The number of ether oxygens (including phenoxy) is 1. The molecule has 0 bridgehead atoms. The molecule has 0 unspecified atom stereocenters. The number of carbonyl (C=O) groups excluding carboxylic acids is 1. The van der Waals surface area contributed by atoms with E-state index in [1.165, 1.54) is 12.0 Å². The molecular formula is C13H18O2. The van der Waals surface area contributed by atoms with Crippen molar-refractivity contribution in [2.75, 3.05) is 0 Å². The molecule has 0 N–H and O–H groups in total. The quantitative estimate of drug-likeness (QED) is 0.449. The summed E-state index contributed by atoms with van der Waals surface area (Å²) in [5, 5.41) is 0. The van der Waals surface area contributed by atoms with Gasteiger partial charge in [-0.25, -0.2) is 0 Å². The molecule has 0 amide bonds. The van der Waals surface area contributed by atoms with Crippen LogP contribution in [0, 0.1) is 23.7 Å². The molecule has 82 valence electrons. The first-order valence-electron chi connectivity index (χ1n) is 6.05. The lowest BCUT2D eigenvalue weighted by Crippen LogP contribution is -2.39. The van der Waals surface area contributed by atoms with Crippen molar-refractivity contribution in [3.05, 3.63) is 11.6 Å². The lowest BCUT2D eigenvalue weighted by atomic mass is 9.62. The molecule has 0 aromatic carbocycles. The van der Waals surface area contributed by atoms with Crippen molar-refractivity contribution in [1.82, 2.24) is 0 Å². The van der Waals surface area contributed by atoms with Crippen LogP contribution in [0.2, 0.25) is 0 Å². The maximum Gasteiger partial charge on any atom is 0.309 e. The molecule has 0 aromatic heterocycles. The summed E-state index contributed by atoms with van der Waals surface area (Å²) >= 11 is 0. The molecule has 2 nitrogen and oxygen atoms in total. The molecule has 3 rings (SSSR count). The fraction of sp³-hybridized carbons (Fsp3) is 0.769. The van der Waals surface area contributed by atoms with Crippen LogP contribution in [-0.2, 0) is 9.53 Å². The van der Waals surface area contributed by atoms with Gasteiger partial charge in [-0.2, -0.15) is 0 Å². The van der Waals surface area contributed by atoms with Crippen LogP contribution < -0.4 is 0 Å². The molecule has 2 aliphatic carbocycles. The number of hydrogen-bond donors (Lipinski definition) is 0. The van der Waals surface area contributed by atoms with Crippen molar-refractivity contribution >= 4 is 5.97 Å². The molecule has 2 fully saturated rings. The molecule has 0 radical (unpaired) electrons. The Labute approximate surface area is 90.7 Å². The van der Waals surface area contributed by atoms with Crippen molar-refractivity contribution in [3.63, 3.8) is 0 Å². The summed E-state index contributed by atoms with van der Waals surface area (Å²) in [6.07, 6.45) is 5.79. The van der Waals surface area contributed by atoms with Gasteiger partial charge in [0.05, 0.1) is 5.92 Å². The molecule has 1 saturated carbocycles. The first kappa shape index (κ1) is 9.44. The molecule has 0 aromatic rings. The third kappa shape index (κ3) is 1.20. The van der Waals surface area contributed by atoms with E-state index in [9.17, 15) is 4.79 Å². The van der Waals surface area contributed by atoms with Crippen LogP contribution in [0.15, 0.2) is 11.6 Å². The Bertz CT molecular complexity index is 331. The molecule has 5 atom stereocenters. The van der Waals surface area contributed by atoms with Gasteiger partial charge < -0.3 is 4.74 Å². The lowest BCUT2D eigenvalue weighted by molar-refractivity contribution is -0.143. The standard InChI is InChI=1S/C13H18O2/c1-7-3-6-10-11-9(7)5-4-8(2)12(11)15-13(10)14/h4,7,9-12H,3,5-6H2,1-2H3/t7-,9+,10-,11-,12+/m1/s1. The Kier molecular flexibility index (Phi) is 1.95. The number of hydrogen-bond acceptors (Lipinski definition) is 2. The van der Waals surface area contributed by atoms with Crippen LogP contribution in [0.4, 0.5) is 0 Å². The molecule has 2 heteroatoms. The summed E-state index contributed by atoms with van der Waals surface area (Å²) in [6, 6.07) is 0. The summed E-state index contributed by atoms with van der Waals surface area (Å²) < 4.78 is 5.53. The zero-order valence-corrected chi connectivity index (χ0v) is 9.40. The summed E-state index contributed by atoms with van der Waals surface area (Å²) in [7, 11) is 0. The SMILES string of the molecule is CC1=CC[C@@H]2[C@@H]3[C@@H](CC[C@H]2C)C(=O)O[C@@H]13. The Hall–Kier alpha value is -0.790. The van der Waals surface area contributed by atoms with Gasteiger partial charge in [-0.1, -0.05) is 13.0 Å². The number of allylic oxidation sites excluding steroid dienone is 1. The van der Waals surface area contributed by atoms with Gasteiger partial charge in [-0.3, -0.25) is 4.79 Å². The fourth-order valence-corrected chi connectivity index (χ4v) is 3.75. The van der Waals surface area contributed by atoms with Crippen LogP contribution >= 0.6 is 0 Å². The smallest absolute Gasteiger partial charge is 0.309 e. The Morgan fingerprint density at radius 3 is 3.00 bits per heavy atom. The zero-order chi connectivity index (χ0) is 10.6. The summed E-state index contributed by atoms with van der Waals surface area (Å²) in [5.74, 6) is 2.21. The second kappa shape index (κ2) is 3.10. The van der Waals surface area contributed by atoms with Crippen LogP contribution in [-0.4, -0.2) is 12.1 Å². The van der Waals surface area contributed by atoms with Gasteiger partial charge in [0.2, 0.25) is 0 Å². The predicted octanol–water partition coefficient (Wildman–Crippen LogP) is 2.54. The van der Waals surface area contributed by atoms with E-state index >= 15 is 0 Å². The van der Waals surface area contributed by atoms with Crippen molar-refractivity contribution in [1.29, 1.82) is 0 Å². The third-order valence-corrected chi connectivity index (χ3v) is 4.68. The molecule has 0 spiro atoms.